The summed E-state index contributed by atoms with van der Waals surface area (Å²) < 4.78 is 11.2. The number of guanidine groups is 1. The molecule has 1 aromatic heterocycles. The maximum atomic E-state index is 5.78. The number of aromatic nitrogens is 1. The first kappa shape index (κ1) is 24.2. The number of anilines is 1. The van der Waals surface area contributed by atoms with Gasteiger partial charge in [0.1, 0.15) is 18.2 Å². The Morgan fingerprint density at radius 3 is 2.67 bits per heavy atom. The van der Waals surface area contributed by atoms with Gasteiger partial charge in [-0.2, -0.15) is 0 Å². The number of ether oxygens (including phenoxy) is 2. The molecule has 0 atom stereocenters. The number of pyridine rings is 1. The molecule has 1 aliphatic heterocycles. The minimum atomic E-state index is 0. The molecule has 7 nitrogen and oxygen atoms in total. The Balaban J connectivity index is 0.00000320. The van der Waals surface area contributed by atoms with E-state index >= 15 is 0 Å². The standard InChI is InChI=1S/C22H31N5O2.HI/c1-3-23-22(25-11-14-29-20-8-6-18(2)7-9-20)26-17-19-5-4-10-24-21(19)27-12-15-28-16-13-27;/h4-10H,3,11-17H2,1-2H3,(H2,23,25,26);1H. The van der Waals surface area contributed by atoms with Crippen molar-refractivity contribution in [1.82, 2.24) is 15.6 Å². The lowest BCUT2D eigenvalue weighted by molar-refractivity contribution is 0.122. The first-order valence-corrected chi connectivity index (χ1v) is 10.2. The van der Waals surface area contributed by atoms with E-state index in [0.29, 0.717) is 19.7 Å². The second-order valence-corrected chi connectivity index (χ2v) is 6.87. The lowest BCUT2D eigenvalue weighted by Crippen LogP contribution is -2.39. The average Bonchev–Trinajstić information content (AvgIpc) is 2.77. The van der Waals surface area contributed by atoms with Gasteiger partial charge in [-0.15, -0.1) is 24.0 Å². The van der Waals surface area contributed by atoms with Crippen LogP contribution in [0.1, 0.15) is 18.1 Å². The topological polar surface area (TPSA) is 71.0 Å². The number of morpholine rings is 1. The molecule has 0 spiro atoms. The fourth-order valence-corrected chi connectivity index (χ4v) is 3.09. The minimum absolute atomic E-state index is 0. The summed E-state index contributed by atoms with van der Waals surface area (Å²) in [5.74, 6) is 2.65. The summed E-state index contributed by atoms with van der Waals surface area (Å²) in [5, 5.41) is 6.62. The third-order valence-electron chi connectivity index (χ3n) is 4.61. The van der Waals surface area contributed by atoms with Crippen LogP contribution in [0.15, 0.2) is 47.6 Å². The zero-order chi connectivity index (χ0) is 20.3. The molecule has 30 heavy (non-hydrogen) atoms. The summed E-state index contributed by atoms with van der Waals surface area (Å²) in [6.07, 6.45) is 1.84. The van der Waals surface area contributed by atoms with Crippen molar-refractivity contribution in [2.75, 3.05) is 50.9 Å². The Morgan fingerprint density at radius 1 is 1.17 bits per heavy atom. The molecular formula is C22H32IN5O2. The van der Waals surface area contributed by atoms with E-state index in [-0.39, 0.29) is 24.0 Å². The summed E-state index contributed by atoms with van der Waals surface area (Å²) in [7, 11) is 0. The van der Waals surface area contributed by atoms with E-state index in [4.69, 9.17) is 14.5 Å². The highest BCUT2D eigenvalue weighted by Gasteiger charge is 2.15. The lowest BCUT2D eigenvalue weighted by atomic mass is 10.2. The van der Waals surface area contributed by atoms with Gasteiger partial charge >= 0.3 is 0 Å². The predicted octanol–water partition coefficient (Wildman–Crippen LogP) is 2.98. The van der Waals surface area contributed by atoms with Crippen molar-refractivity contribution in [2.24, 2.45) is 4.99 Å². The van der Waals surface area contributed by atoms with E-state index in [9.17, 15) is 0 Å². The number of hydrogen-bond donors (Lipinski definition) is 2. The fraction of sp³-hybridized carbons (Fsp3) is 0.455. The number of aryl methyl sites for hydroxylation is 1. The Bertz CT molecular complexity index is 779. The van der Waals surface area contributed by atoms with Crippen molar-refractivity contribution in [2.45, 2.75) is 20.4 Å². The first-order chi connectivity index (χ1) is 14.3. The zero-order valence-corrected chi connectivity index (χ0v) is 20.1. The quantitative estimate of drug-likeness (QED) is 0.239. The van der Waals surface area contributed by atoms with E-state index in [1.807, 2.05) is 36.5 Å². The number of rotatable bonds is 8. The summed E-state index contributed by atoms with van der Waals surface area (Å²) in [6.45, 7) is 9.94. The Morgan fingerprint density at radius 2 is 1.93 bits per heavy atom. The van der Waals surface area contributed by atoms with Crippen LogP contribution in [0.4, 0.5) is 5.82 Å². The van der Waals surface area contributed by atoms with Crippen LogP contribution in [-0.2, 0) is 11.3 Å². The maximum Gasteiger partial charge on any atom is 0.191 e. The van der Waals surface area contributed by atoms with Crippen molar-refractivity contribution in [3.05, 3.63) is 53.7 Å². The van der Waals surface area contributed by atoms with Gasteiger partial charge in [-0.25, -0.2) is 9.98 Å². The van der Waals surface area contributed by atoms with E-state index in [1.165, 1.54) is 5.56 Å². The largest absolute Gasteiger partial charge is 0.492 e. The second-order valence-electron chi connectivity index (χ2n) is 6.87. The minimum Gasteiger partial charge on any atom is -0.492 e. The molecular weight excluding hydrogens is 493 g/mol. The van der Waals surface area contributed by atoms with Crippen molar-refractivity contribution < 1.29 is 9.47 Å². The number of benzene rings is 1. The molecule has 0 saturated carbocycles. The van der Waals surface area contributed by atoms with E-state index in [2.05, 4.69) is 40.4 Å². The maximum absolute atomic E-state index is 5.78. The Kier molecular flexibility index (Phi) is 10.7. The summed E-state index contributed by atoms with van der Waals surface area (Å²) in [5.41, 5.74) is 2.34. The highest BCUT2D eigenvalue weighted by Crippen LogP contribution is 2.19. The summed E-state index contributed by atoms with van der Waals surface area (Å²) in [4.78, 5) is 11.6. The molecule has 1 fully saturated rings. The monoisotopic (exact) mass is 525 g/mol. The Hall–Kier alpha value is -2.07. The van der Waals surface area contributed by atoms with Gasteiger partial charge in [0.15, 0.2) is 5.96 Å². The molecule has 2 heterocycles. The van der Waals surface area contributed by atoms with E-state index < -0.39 is 0 Å². The number of nitrogens with zero attached hydrogens (tertiary/aromatic N) is 3. The van der Waals surface area contributed by atoms with Gasteiger partial charge in [-0.3, -0.25) is 0 Å². The SMILES string of the molecule is CCNC(=NCc1cccnc1N1CCOCC1)NCCOc1ccc(C)cc1.I. The molecule has 0 amide bonds. The molecule has 0 bridgehead atoms. The van der Waals surface area contributed by atoms with E-state index in [0.717, 1.165) is 55.9 Å². The van der Waals surface area contributed by atoms with Gasteiger partial charge in [-0.05, 0) is 32.0 Å². The highest BCUT2D eigenvalue weighted by atomic mass is 127. The van der Waals surface area contributed by atoms with Crippen molar-refractivity contribution in [3.8, 4) is 5.75 Å². The number of hydrogen-bond acceptors (Lipinski definition) is 5. The molecule has 0 radical (unpaired) electrons. The zero-order valence-electron chi connectivity index (χ0n) is 17.8. The smallest absolute Gasteiger partial charge is 0.191 e. The molecule has 0 aliphatic carbocycles. The van der Waals surface area contributed by atoms with Gasteiger partial charge in [0.05, 0.1) is 26.3 Å². The molecule has 0 unspecified atom stereocenters. The summed E-state index contributed by atoms with van der Waals surface area (Å²) in [6, 6.07) is 12.1. The molecule has 3 rings (SSSR count). The van der Waals surface area contributed by atoms with Gasteiger partial charge in [-0.1, -0.05) is 23.8 Å². The van der Waals surface area contributed by atoms with Crippen LogP contribution in [0.3, 0.4) is 0 Å². The van der Waals surface area contributed by atoms with Crippen molar-refractivity contribution in [3.63, 3.8) is 0 Å². The van der Waals surface area contributed by atoms with Gasteiger partial charge in [0, 0.05) is 31.4 Å². The van der Waals surface area contributed by atoms with Crippen molar-refractivity contribution >= 4 is 35.8 Å². The van der Waals surface area contributed by atoms with Gasteiger partial charge in [0.2, 0.25) is 0 Å². The Labute approximate surface area is 196 Å². The molecule has 1 aromatic carbocycles. The summed E-state index contributed by atoms with van der Waals surface area (Å²) >= 11 is 0. The molecule has 164 valence electrons. The van der Waals surface area contributed by atoms with Crippen LogP contribution in [-0.4, -0.2) is 56.9 Å². The lowest BCUT2D eigenvalue weighted by Gasteiger charge is -2.29. The second kappa shape index (κ2) is 13.3. The number of nitrogens with one attached hydrogen (secondary N) is 2. The van der Waals surface area contributed by atoms with Crippen LogP contribution >= 0.6 is 24.0 Å². The van der Waals surface area contributed by atoms with Crippen LogP contribution in [0.25, 0.3) is 0 Å². The van der Waals surface area contributed by atoms with Crippen molar-refractivity contribution in [1.29, 1.82) is 0 Å². The molecule has 1 aliphatic rings. The molecule has 2 aromatic rings. The predicted molar refractivity (Wildman–Crippen MR) is 132 cm³/mol. The molecule has 8 heteroatoms. The van der Waals surface area contributed by atoms with E-state index in [1.54, 1.807) is 0 Å². The number of halogens is 1. The molecule has 2 N–H and O–H groups in total. The first-order valence-electron chi connectivity index (χ1n) is 10.2. The van der Waals surface area contributed by atoms with Crippen LogP contribution < -0.4 is 20.3 Å². The number of aliphatic imine (C=N–C) groups is 1. The van der Waals surface area contributed by atoms with Crippen LogP contribution in [0.5, 0.6) is 5.75 Å². The molecule has 1 saturated heterocycles. The van der Waals surface area contributed by atoms with Gasteiger partial charge < -0.3 is 25.0 Å². The average molecular weight is 525 g/mol. The normalized spacial score (nSPS) is 14.1. The third-order valence-corrected chi connectivity index (χ3v) is 4.61. The van der Waals surface area contributed by atoms with Crippen LogP contribution in [0, 0.1) is 6.92 Å². The third kappa shape index (κ3) is 7.64. The van der Waals surface area contributed by atoms with Crippen LogP contribution in [0.2, 0.25) is 0 Å². The highest BCUT2D eigenvalue weighted by molar-refractivity contribution is 14.0. The van der Waals surface area contributed by atoms with Gasteiger partial charge in [0.25, 0.3) is 0 Å². The fourth-order valence-electron chi connectivity index (χ4n) is 3.09.